The van der Waals surface area contributed by atoms with Crippen LogP contribution in [0.3, 0.4) is 0 Å². The van der Waals surface area contributed by atoms with E-state index < -0.39 is 5.60 Å². The highest BCUT2D eigenvalue weighted by atomic mass is 35.5. The number of piperidine rings is 1. The van der Waals surface area contributed by atoms with Gasteiger partial charge in [0.05, 0.1) is 12.2 Å². The molecule has 134 valence electrons. The third kappa shape index (κ3) is 7.04. The highest BCUT2D eigenvalue weighted by molar-refractivity contribution is 6.30. The summed E-state index contributed by atoms with van der Waals surface area (Å²) in [5.74, 6) is 0.863. The number of nitrogens with one attached hydrogen (secondary N) is 1. The van der Waals surface area contributed by atoms with Crippen LogP contribution >= 0.6 is 36.4 Å². The van der Waals surface area contributed by atoms with E-state index >= 15 is 0 Å². The number of nitrogens with zero attached hydrogens (tertiary/aromatic N) is 1. The molecule has 7 heteroatoms. The maximum atomic E-state index is 10.6. The van der Waals surface area contributed by atoms with Crippen LogP contribution in [0.15, 0.2) is 18.2 Å². The quantitative estimate of drug-likeness (QED) is 0.789. The van der Waals surface area contributed by atoms with Crippen molar-refractivity contribution in [2.24, 2.45) is 0 Å². The van der Waals surface area contributed by atoms with E-state index in [-0.39, 0.29) is 24.8 Å². The van der Waals surface area contributed by atoms with Crippen molar-refractivity contribution in [2.45, 2.75) is 31.9 Å². The summed E-state index contributed by atoms with van der Waals surface area (Å²) in [6.45, 7) is 5.60. The summed E-state index contributed by atoms with van der Waals surface area (Å²) in [7, 11) is 2.02. The van der Waals surface area contributed by atoms with Gasteiger partial charge in [-0.15, -0.1) is 24.8 Å². The van der Waals surface area contributed by atoms with Crippen molar-refractivity contribution in [3.8, 4) is 5.75 Å². The largest absolute Gasteiger partial charge is 0.494 e. The molecule has 0 aliphatic carbocycles. The second kappa shape index (κ2) is 10.6. The Balaban J connectivity index is 0.00000242. The smallest absolute Gasteiger partial charge is 0.123 e. The molecule has 0 bridgehead atoms. The zero-order valence-electron chi connectivity index (χ0n) is 13.7. The number of hydrogen-bond acceptors (Lipinski definition) is 4. The maximum Gasteiger partial charge on any atom is 0.123 e. The normalized spacial score (nSPS) is 20.6. The number of rotatable bonds is 6. The average molecular weight is 386 g/mol. The van der Waals surface area contributed by atoms with E-state index in [1.807, 2.05) is 32.2 Å². The Bertz CT molecular complexity index is 469. The van der Waals surface area contributed by atoms with Gasteiger partial charge in [0.15, 0.2) is 0 Å². The molecule has 1 aliphatic rings. The van der Waals surface area contributed by atoms with E-state index in [1.54, 1.807) is 0 Å². The molecule has 2 rings (SSSR count). The number of β-amino-alcohol motifs (C(OH)–C–C–N with tert-alkyl or cyclic N) is 1. The van der Waals surface area contributed by atoms with Gasteiger partial charge in [-0.2, -0.15) is 0 Å². The van der Waals surface area contributed by atoms with Gasteiger partial charge in [0, 0.05) is 30.2 Å². The zero-order valence-corrected chi connectivity index (χ0v) is 16.1. The Kier molecular flexibility index (Phi) is 10.5. The molecule has 1 aromatic rings. The van der Waals surface area contributed by atoms with Crippen LogP contribution in [0.4, 0.5) is 0 Å². The van der Waals surface area contributed by atoms with Crippen LogP contribution in [-0.2, 0) is 6.54 Å². The monoisotopic (exact) mass is 384 g/mol. The van der Waals surface area contributed by atoms with Gasteiger partial charge in [0.2, 0.25) is 0 Å². The predicted molar refractivity (Wildman–Crippen MR) is 101 cm³/mol. The summed E-state index contributed by atoms with van der Waals surface area (Å²) in [4.78, 5) is 2.13. The van der Waals surface area contributed by atoms with Gasteiger partial charge in [-0.05, 0) is 51.6 Å². The molecule has 1 atom stereocenters. The van der Waals surface area contributed by atoms with Gasteiger partial charge >= 0.3 is 0 Å². The van der Waals surface area contributed by atoms with E-state index in [1.165, 1.54) is 0 Å². The number of halogens is 3. The molecular formula is C16H27Cl3N2O2. The topological polar surface area (TPSA) is 44.7 Å². The molecule has 1 aliphatic heterocycles. The first-order valence-electron chi connectivity index (χ1n) is 7.55. The first-order chi connectivity index (χ1) is 10.0. The van der Waals surface area contributed by atoms with Crippen molar-refractivity contribution in [3.05, 3.63) is 28.8 Å². The van der Waals surface area contributed by atoms with Gasteiger partial charge < -0.3 is 15.2 Å². The summed E-state index contributed by atoms with van der Waals surface area (Å²) < 4.78 is 5.65. The van der Waals surface area contributed by atoms with Crippen molar-refractivity contribution in [1.82, 2.24) is 10.2 Å². The highest BCUT2D eigenvalue weighted by Gasteiger charge is 2.30. The van der Waals surface area contributed by atoms with Crippen LogP contribution in [0.5, 0.6) is 5.75 Å². The van der Waals surface area contributed by atoms with Crippen LogP contribution < -0.4 is 10.1 Å². The minimum Gasteiger partial charge on any atom is -0.494 e. The fourth-order valence-corrected chi connectivity index (χ4v) is 3.10. The molecule has 0 saturated carbocycles. The van der Waals surface area contributed by atoms with E-state index in [0.29, 0.717) is 31.3 Å². The van der Waals surface area contributed by atoms with E-state index in [0.717, 1.165) is 30.7 Å². The Morgan fingerprint density at radius 3 is 2.74 bits per heavy atom. The summed E-state index contributed by atoms with van der Waals surface area (Å²) >= 11 is 6.09. The summed E-state index contributed by atoms with van der Waals surface area (Å²) in [5.41, 5.74) is 0.413. The van der Waals surface area contributed by atoms with Gasteiger partial charge in [0.25, 0.3) is 0 Å². The molecule has 2 N–H and O–H groups in total. The molecule has 1 fully saturated rings. The summed E-state index contributed by atoms with van der Waals surface area (Å²) in [6, 6.07) is 5.69. The van der Waals surface area contributed by atoms with Crippen molar-refractivity contribution in [1.29, 1.82) is 0 Å². The van der Waals surface area contributed by atoms with E-state index in [9.17, 15) is 5.11 Å². The lowest BCUT2D eigenvalue weighted by Crippen LogP contribution is -2.52. The Morgan fingerprint density at radius 2 is 2.13 bits per heavy atom. The number of hydrogen-bond donors (Lipinski definition) is 2. The number of benzene rings is 1. The third-order valence-corrected chi connectivity index (χ3v) is 4.01. The molecule has 1 saturated heterocycles. The molecule has 0 amide bonds. The van der Waals surface area contributed by atoms with Crippen LogP contribution in [0.1, 0.15) is 25.3 Å². The molecule has 0 spiro atoms. The van der Waals surface area contributed by atoms with Gasteiger partial charge in [0.1, 0.15) is 5.75 Å². The van der Waals surface area contributed by atoms with Crippen LogP contribution in [0.2, 0.25) is 5.02 Å². The number of aliphatic hydroxyl groups is 1. The Morgan fingerprint density at radius 1 is 1.39 bits per heavy atom. The molecule has 1 heterocycles. The van der Waals surface area contributed by atoms with Crippen LogP contribution in [0, 0.1) is 0 Å². The molecule has 0 radical (unpaired) electrons. The molecular weight excluding hydrogens is 359 g/mol. The third-order valence-electron chi connectivity index (χ3n) is 3.78. The molecule has 0 aromatic heterocycles. The summed E-state index contributed by atoms with van der Waals surface area (Å²) in [5, 5.41) is 14.6. The summed E-state index contributed by atoms with van der Waals surface area (Å²) in [6.07, 6.45) is 1.86. The van der Waals surface area contributed by atoms with Gasteiger partial charge in [-0.25, -0.2) is 0 Å². The maximum absolute atomic E-state index is 10.6. The first kappa shape index (κ1) is 22.8. The second-order valence-electron chi connectivity index (χ2n) is 5.86. The lowest BCUT2D eigenvalue weighted by molar-refractivity contribution is -0.0113. The van der Waals surface area contributed by atoms with Crippen molar-refractivity contribution < 1.29 is 9.84 Å². The molecule has 23 heavy (non-hydrogen) atoms. The molecule has 4 nitrogen and oxygen atoms in total. The van der Waals surface area contributed by atoms with Crippen molar-refractivity contribution in [2.75, 3.05) is 33.3 Å². The standard InChI is InChI=1S/C16H25ClN2O2.2ClH/c1-3-21-15-6-5-14(17)9-13(15)10-19(2)12-16(20)7-4-8-18-11-16;;/h5-6,9,18,20H,3-4,7-8,10-12H2,1-2H3;2*1H. The van der Waals surface area contributed by atoms with E-state index in [2.05, 4.69) is 10.2 Å². The zero-order chi connectivity index (χ0) is 15.3. The average Bonchev–Trinajstić information content (AvgIpc) is 2.42. The Hall–Kier alpha value is -0.230. The van der Waals surface area contributed by atoms with Crippen LogP contribution in [-0.4, -0.2) is 48.9 Å². The van der Waals surface area contributed by atoms with Gasteiger partial charge in [-0.1, -0.05) is 11.6 Å². The second-order valence-corrected chi connectivity index (χ2v) is 6.30. The van der Waals surface area contributed by atoms with Crippen molar-refractivity contribution >= 4 is 36.4 Å². The number of likely N-dealkylation sites (N-methyl/N-ethyl adjacent to an activating group) is 1. The predicted octanol–water partition coefficient (Wildman–Crippen LogP) is 3.13. The fourth-order valence-electron chi connectivity index (χ4n) is 2.90. The molecule has 1 unspecified atom stereocenters. The molecule has 1 aromatic carbocycles. The lowest BCUT2D eigenvalue weighted by atomic mass is 9.93. The minimum absolute atomic E-state index is 0. The number of ether oxygens (including phenoxy) is 1. The first-order valence-corrected chi connectivity index (χ1v) is 7.93. The van der Waals surface area contributed by atoms with Crippen molar-refractivity contribution in [3.63, 3.8) is 0 Å². The van der Waals surface area contributed by atoms with E-state index in [4.69, 9.17) is 16.3 Å². The fraction of sp³-hybridized carbons (Fsp3) is 0.625. The SMILES string of the molecule is CCOc1ccc(Cl)cc1CN(C)CC1(O)CCCNC1.Cl.Cl. The lowest BCUT2D eigenvalue weighted by Gasteiger charge is -2.36. The van der Waals surface area contributed by atoms with Gasteiger partial charge in [-0.3, -0.25) is 4.90 Å². The highest BCUT2D eigenvalue weighted by Crippen LogP contribution is 2.25. The minimum atomic E-state index is -0.642. The van der Waals surface area contributed by atoms with Crippen LogP contribution in [0.25, 0.3) is 0 Å². The Labute approximate surface area is 156 Å².